The van der Waals surface area contributed by atoms with Gasteiger partial charge in [-0.2, -0.15) is 0 Å². The summed E-state index contributed by atoms with van der Waals surface area (Å²) in [6.45, 7) is 0.189. The van der Waals surface area contributed by atoms with Crippen LogP contribution in [0.3, 0.4) is 0 Å². The maximum absolute atomic E-state index is 9.46. The molecule has 0 atom stereocenters. The SMILES string of the molecule is OCC1c2ccccc2-c2ccccc21.c1ccc2c(c1)Cc1ccccc1-2. The number of aliphatic hydroxyl groups is 1. The number of aliphatic hydroxyl groups excluding tert-OH is 1. The summed E-state index contributed by atoms with van der Waals surface area (Å²) in [6, 6.07) is 34.0. The third-order valence-electron chi connectivity index (χ3n) is 5.85. The Labute approximate surface area is 165 Å². The van der Waals surface area contributed by atoms with Crippen LogP contribution in [0.1, 0.15) is 28.2 Å². The van der Waals surface area contributed by atoms with Gasteiger partial charge in [-0.1, -0.05) is 97.1 Å². The summed E-state index contributed by atoms with van der Waals surface area (Å²) in [5.74, 6) is 0.164. The fourth-order valence-corrected chi connectivity index (χ4v) is 4.54. The molecule has 0 spiro atoms. The minimum atomic E-state index is 0.164. The van der Waals surface area contributed by atoms with E-state index in [2.05, 4.69) is 84.9 Å². The molecule has 0 bridgehead atoms. The molecule has 0 heterocycles. The monoisotopic (exact) mass is 362 g/mol. The highest BCUT2D eigenvalue weighted by molar-refractivity contribution is 5.79. The summed E-state index contributed by atoms with van der Waals surface area (Å²) >= 11 is 0. The number of fused-ring (bicyclic) bond motifs is 6. The van der Waals surface area contributed by atoms with Crippen molar-refractivity contribution in [2.24, 2.45) is 0 Å². The van der Waals surface area contributed by atoms with Crippen LogP contribution >= 0.6 is 0 Å². The molecule has 0 radical (unpaired) electrons. The van der Waals surface area contributed by atoms with E-state index in [1.165, 1.54) is 44.5 Å². The Morgan fingerprint density at radius 2 is 0.929 bits per heavy atom. The van der Waals surface area contributed by atoms with Gasteiger partial charge >= 0.3 is 0 Å². The molecule has 0 amide bonds. The van der Waals surface area contributed by atoms with Crippen molar-refractivity contribution in [1.82, 2.24) is 0 Å². The molecule has 1 N–H and O–H groups in total. The molecule has 0 fully saturated rings. The molecule has 0 unspecified atom stereocenters. The van der Waals surface area contributed by atoms with Gasteiger partial charge in [0.25, 0.3) is 0 Å². The predicted octanol–water partition coefficient (Wildman–Crippen LogP) is 6.05. The minimum Gasteiger partial charge on any atom is -0.395 e. The van der Waals surface area contributed by atoms with E-state index in [4.69, 9.17) is 0 Å². The Balaban J connectivity index is 0.000000123. The minimum absolute atomic E-state index is 0.164. The third kappa shape index (κ3) is 2.76. The van der Waals surface area contributed by atoms with Crippen molar-refractivity contribution in [2.75, 3.05) is 6.61 Å². The Morgan fingerprint density at radius 3 is 1.39 bits per heavy atom. The first kappa shape index (κ1) is 17.0. The lowest BCUT2D eigenvalue weighted by atomic mass is 9.98. The van der Waals surface area contributed by atoms with Crippen LogP contribution in [0, 0.1) is 0 Å². The van der Waals surface area contributed by atoms with Crippen LogP contribution in [-0.2, 0) is 6.42 Å². The van der Waals surface area contributed by atoms with Gasteiger partial charge < -0.3 is 5.11 Å². The van der Waals surface area contributed by atoms with Crippen molar-refractivity contribution in [2.45, 2.75) is 12.3 Å². The van der Waals surface area contributed by atoms with E-state index in [1.54, 1.807) is 0 Å². The van der Waals surface area contributed by atoms with Crippen LogP contribution in [0.15, 0.2) is 97.1 Å². The van der Waals surface area contributed by atoms with Gasteiger partial charge in [0.15, 0.2) is 0 Å². The molecule has 0 aliphatic heterocycles. The zero-order valence-corrected chi connectivity index (χ0v) is 15.7. The Bertz CT molecular complexity index is 1050. The zero-order valence-electron chi connectivity index (χ0n) is 15.7. The smallest absolute Gasteiger partial charge is 0.0540 e. The van der Waals surface area contributed by atoms with Crippen LogP contribution in [0.5, 0.6) is 0 Å². The number of benzene rings is 4. The summed E-state index contributed by atoms with van der Waals surface area (Å²) in [7, 11) is 0. The maximum atomic E-state index is 9.46. The van der Waals surface area contributed by atoms with Gasteiger partial charge in [-0.25, -0.2) is 0 Å². The molecule has 0 saturated carbocycles. The van der Waals surface area contributed by atoms with Crippen molar-refractivity contribution < 1.29 is 5.11 Å². The van der Waals surface area contributed by atoms with E-state index in [0.717, 1.165) is 6.42 Å². The lowest BCUT2D eigenvalue weighted by Gasteiger charge is -2.08. The highest BCUT2D eigenvalue weighted by Gasteiger charge is 2.26. The highest BCUT2D eigenvalue weighted by Crippen LogP contribution is 2.44. The fraction of sp³-hybridized carbons (Fsp3) is 0.111. The summed E-state index contributed by atoms with van der Waals surface area (Å²) in [4.78, 5) is 0. The van der Waals surface area contributed by atoms with Crippen LogP contribution in [0.4, 0.5) is 0 Å². The fourth-order valence-electron chi connectivity index (χ4n) is 4.54. The largest absolute Gasteiger partial charge is 0.395 e. The van der Waals surface area contributed by atoms with Gasteiger partial charge in [0, 0.05) is 5.92 Å². The van der Waals surface area contributed by atoms with Gasteiger partial charge in [-0.05, 0) is 50.9 Å². The number of hydrogen-bond acceptors (Lipinski definition) is 1. The van der Waals surface area contributed by atoms with Gasteiger partial charge in [0.05, 0.1) is 6.61 Å². The number of rotatable bonds is 1. The summed E-state index contributed by atoms with van der Waals surface area (Å²) in [5, 5.41) is 9.46. The van der Waals surface area contributed by atoms with Crippen LogP contribution in [0.2, 0.25) is 0 Å². The van der Waals surface area contributed by atoms with E-state index < -0.39 is 0 Å². The second-order valence-electron chi connectivity index (χ2n) is 7.40. The highest BCUT2D eigenvalue weighted by atomic mass is 16.3. The van der Waals surface area contributed by atoms with Gasteiger partial charge in [-0.15, -0.1) is 0 Å². The van der Waals surface area contributed by atoms with E-state index in [1.807, 2.05) is 12.1 Å². The summed E-state index contributed by atoms with van der Waals surface area (Å²) < 4.78 is 0. The van der Waals surface area contributed by atoms with Gasteiger partial charge in [0.1, 0.15) is 0 Å². The zero-order chi connectivity index (χ0) is 18.9. The first-order valence-corrected chi connectivity index (χ1v) is 9.82. The van der Waals surface area contributed by atoms with Crippen molar-refractivity contribution in [3.8, 4) is 22.3 Å². The van der Waals surface area contributed by atoms with Crippen molar-refractivity contribution in [3.63, 3.8) is 0 Å². The first-order chi connectivity index (χ1) is 13.9. The average molecular weight is 362 g/mol. The second kappa shape index (κ2) is 7.10. The quantitative estimate of drug-likeness (QED) is 0.385. The standard InChI is InChI=1S/C14H12O.C13H10/c15-9-14-12-7-3-1-5-10(12)11-6-2-4-8-13(11)14;1-3-7-12-10(5-1)9-11-6-2-4-8-13(11)12/h1-8,14-15H,9H2;1-8H,9H2. The summed E-state index contributed by atoms with van der Waals surface area (Å²) in [5.41, 5.74) is 10.8. The third-order valence-corrected chi connectivity index (χ3v) is 5.85. The lowest BCUT2D eigenvalue weighted by molar-refractivity contribution is 0.282. The van der Waals surface area contributed by atoms with Crippen molar-refractivity contribution in [1.29, 1.82) is 0 Å². The van der Waals surface area contributed by atoms with Crippen molar-refractivity contribution in [3.05, 3.63) is 119 Å². The van der Waals surface area contributed by atoms with E-state index >= 15 is 0 Å². The molecular weight excluding hydrogens is 340 g/mol. The topological polar surface area (TPSA) is 20.2 Å². The Morgan fingerprint density at radius 1 is 0.536 bits per heavy atom. The summed E-state index contributed by atoms with van der Waals surface area (Å²) in [6.07, 6.45) is 1.10. The molecule has 0 aromatic heterocycles. The molecule has 28 heavy (non-hydrogen) atoms. The van der Waals surface area contributed by atoms with Gasteiger partial charge in [0.2, 0.25) is 0 Å². The molecule has 2 aliphatic rings. The van der Waals surface area contributed by atoms with Crippen LogP contribution in [-0.4, -0.2) is 11.7 Å². The predicted molar refractivity (Wildman–Crippen MR) is 115 cm³/mol. The molecule has 6 rings (SSSR count). The molecule has 4 aromatic rings. The molecule has 1 heteroatoms. The average Bonchev–Trinajstić information content (AvgIpc) is 3.30. The molecular formula is C27H22O. The van der Waals surface area contributed by atoms with Gasteiger partial charge in [-0.3, -0.25) is 0 Å². The molecule has 2 aliphatic carbocycles. The molecule has 1 nitrogen and oxygen atoms in total. The Hall–Kier alpha value is -3.16. The number of hydrogen-bond donors (Lipinski definition) is 1. The van der Waals surface area contributed by atoms with Crippen molar-refractivity contribution >= 4 is 0 Å². The normalized spacial score (nSPS) is 13.0. The Kier molecular flexibility index (Phi) is 4.31. The molecule has 0 saturated heterocycles. The van der Waals surface area contributed by atoms with Crippen LogP contribution < -0.4 is 0 Å². The van der Waals surface area contributed by atoms with E-state index in [9.17, 15) is 5.11 Å². The maximum Gasteiger partial charge on any atom is 0.0540 e. The molecule has 4 aromatic carbocycles. The van der Waals surface area contributed by atoms with Crippen LogP contribution in [0.25, 0.3) is 22.3 Å². The van der Waals surface area contributed by atoms with E-state index in [-0.39, 0.29) is 12.5 Å². The second-order valence-corrected chi connectivity index (χ2v) is 7.40. The van der Waals surface area contributed by atoms with E-state index in [0.29, 0.717) is 0 Å². The molecule has 136 valence electrons. The lowest BCUT2D eigenvalue weighted by Crippen LogP contribution is -2.01. The first-order valence-electron chi connectivity index (χ1n) is 9.82.